The van der Waals surface area contributed by atoms with Gasteiger partial charge >= 0.3 is 11.9 Å². The number of rotatable bonds is 12. The lowest BCUT2D eigenvalue weighted by molar-refractivity contribution is -0.140. The summed E-state index contributed by atoms with van der Waals surface area (Å²) in [5.74, 6) is -1.98. The fourth-order valence-corrected chi connectivity index (χ4v) is 4.71. The van der Waals surface area contributed by atoms with Crippen LogP contribution in [0.15, 0.2) is 48.8 Å². The molecule has 0 amide bonds. The van der Waals surface area contributed by atoms with E-state index in [1.54, 1.807) is 24.4 Å². The Kier molecular flexibility index (Phi) is 8.18. The molecule has 36 heavy (non-hydrogen) atoms. The minimum absolute atomic E-state index is 0.000920. The lowest BCUT2D eigenvalue weighted by Gasteiger charge is -2.23. The number of ether oxygens (including phenoxy) is 3. The van der Waals surface area contributed by atoms with Crippen molar-refractivity contribution >= 4 is 28.3 Å². The molecule has 1 aromatic carbocycles. The molecule has 10 nitrogen and oxygen atoms in total. The number of nitrogens with one attached hydrogen (secondary N) is 1. The van der Waals surface area contributed by atoms with Gasteiger partial charge in [0.15, 0.2) is 24.7 Å². The maximum atomic E-state index is 15.4. The number of fused-ring (bicyclic) bond motifs is 1. The first-order valence-electron chi connectivity index (χ1n) is 11.0. The molecule has 3 N–H and O–H groups in total. The Bertz CT molecular complexity index is 1180. The van der Waals surface area contributed by atoms with Crippen molar-refractivity contribution in [2.45, 2.75) is 19.1 Å². The topological polar surface area (TPSA) is 130 Å². The second-order valence-corrected chi connectivity index (χ2v) is 8.99. The van der Waals surface area contributed by atoms with E-state index in [4.69, 9.17) is 24.4 Å². The molecule has 0 bridgehead atoms. The number of anilines is 1. The lowest BCUT2D eigenvalue weighted by atomic mass is 10.1. The predicted octanol–water partition coefficient (Wildman–Crippen LogP) is 3.23. The molecule has 0 fully saturated rings. The average molecular weight is 518 g/mol. The molecule has 0 spiro atoms. The summed E-state index contributed by atoms with van der Waals surface area (Å²) in [4.78, 5) is 27.1. The predicted molar refractivity (Wildman–Crippen MR) is 128 cm³/mol. The fourth-order valence-electron chi connectivity index (χ4n) is 3.62. The Morgan fingerprint density at radius 3 is 2.61 bits per heavy atom. The highest BCUT2D eigenvalue weighted by molar-refractivity contribution is 7.16. The molecule has 0 saturated heterocycles. The molecule has 0 saturated carbocycles. The number of hydrogen-bond donors (Lipinski definition) is 3. The highest BCUT2D eigenvalue weighted by Gasteiger charge is 2.24. The monoisotopic (exact) mass is 517 g/mol. The SMILES string of the molecule is O=C(O)COc1ccc(C(CN(F)c2cc3c(s2)CCNC3)Oc2cccnc2)cc1OCC(=O)O. The van der Waals surface area contributed by atoms with Crippen LogP contribution in [0.25, 0.3) is 0 Å². The minimum atomic E-state index is -1.22. The van der Waals surface area contributed by atoms with Crippen LogP contribution in [0.2, 0.25) is 0 Å². The second-order valence-electron chi connectivity index (χ2n) is 7.87. The first-order valence-corrected chi connectivity index (χ1v) is 11.9. The van der Waals surface area contributed by atoms with E-state index in [2.05, 4.69) is 10.3 Å². The van der Waals surface area contributed by atoms with E-state index in [-0.39, 0.29) is 18.0 Å². The van der Waals surface area contributed by atoms with Crippen LogP contribution in [-0.4, -0.2) is 53.4 Å². The van der Waals surface area contributed by atoms with Gasteiger partial charge in [-0.2, -0.15) is 5.12 Å². The van der Waals surface area contributed by atoms with Crippen LogP contribution < -0.4 is 24.6 Å². The zero-order valence-electron chi connectivity index (χ0n) is 19.1. The Hall–Kier alpha value is -3.90. The quantitative estimate of drug-likeness (QED) is 0.308. The number of hydrogen-bond acceptors (Lipinski definition) is 9. The van der Waals surface area contributed by atoms with Crippen molar-refractivity contribution in [2.75, 3.05) is 31.4 Å². The maximum Gasteiger partial charge on any atom is 0.341 e. The summed E-state index contributed by atoms with van der Waals surface area (Å²) >= 11 is 1.39. The summed E-state index contributed by atoms with van der Waals surface area (Å²) in [5, 5.41) is 22.3. The van der Waals surface area contributed by atoms with Crippen molar-refractivity contribution < 1.29 is 38.5 Å². The lowest BCUT2D eigenvalue weighted by Crippen LogP contribution is -2.24. The number of pyridine rings is 1. The number of thiophene rings is 1. The summed E-state index contributed by atoms with van der Waals surface area (Å²) in [6.07, 6.45) is 3.07. The number of carbonyl (C=O) groups is 2. The molecule has 0 aliphatic carbocycles. The van der Waals surface area contributed by atoms with Gasteiger partial charge in [0, 0.05) is 24.2 Å². The van der Waals surface area contributed by atoms with Gasteiger partial charge in [-0.25, -0.2) is 9.59 Å². The van der Waals surface area contributed by atoms with Crippen LogP contribution in [0.4, 0.5) is 9.48 Å². The largest absolute Gasteiger partial charge is 0.482 e. The van der Waals surface area contributed by atoms with E-state index in [0.29, 0.717) is 28.0 Å². The highest BCUT2D eigenvalue weighted by Crippen LogP contribution is 2.36. The van der Waals surface area contributed by atoms with Gasteiger partial charge in [0.25, 0.3) is 0 Å². The highest BCUT2D eigenvalue weighted by atomic mass is 32.1. The Balaban J connectivity index is 1.62. The van der Waals surface area contributed by atoms with Crippen LogP contribution in [0, 0.1) is 0 Å². The number of carboxylic acids is 2. The van der Waals surface area contributed by atoms with Crippen LogP contribution in [-0.2, 0) is 22.6 Å². The standard InChI is InChI=1S/C24H24FN3O7S/c25-28(22-9-16-10-27-7-5-21(16)36-22)12-20(35-17-2-1-6-26-11-17)15-3-4-18(33-13-23(29)30)19(8-15)34-14-24(31)32/h1-4,6,8-9,11,20,27H,5,7,10,12-14H2,(H,29,30)(H,31,32). The minimum Gasteiger partial charge on any atom is -0.482 e. The molecule has 4 rings (SSSR count). The van der Waals surface area contributed by atoms with Crippen LogP contribution in [0.5, 0.6) is 17.2 Å². The van der Waals surface area contributed by atoms with E-state index < -0.39 is 31.3 Å². The third kappa shape index (κ3) is 6.61. The third-order valence-electron chi connectivity index (χ3n) is 5.25. The Morgan fingerprint density at radius 2 is 1.92 bits per heavy atom. The van der Waals surface area contributed by atoms with E-state index in [0.717, 1.165) is 23.4 Å². The smallest absolute Gasteiger partial charge is 0.341 e. The van der Waals surface area contributed by atoms with E-state index in [1.807, 2.05) is 6.07 Å². The molecule has 3 heterocycles. The maximum absolute atomic E-state index is 15.4. The molecule has 1 aliphatic heterocycles. The molecule has 1 unspecified atom stereocenters. The van der Waals surface area contributed by atoms with Gasteiger partial charge in [-0.15, -0.1) is 11.3 Å². The van der Waals surface area contributed by atoms with E-state index in [9.17, 15) is 9.59 Å². The second kappa shape index (κ2) is 11.7. The van der Waals surface area contributed by atoms with Gasteiger partial charge < -0.3 is 29.7 Å². The molecule has 190 valence electrons. The molecule has 0 radical (unpaired) electrons. The van der Waals surface area contributed by atoms with Crippen molar-refractivity contribution in [3.05, 3.63) is 64.8 Å². The number of aliphatic carboxylic acids is 2. The van der Waals surface area contributed by atoms with Crippen molar-refractivity contribution in [1.29, 1.82) is 0 Å². The Labute approximate surface area is 209 Å². The molecule has 1 aliphatic rings. The van der Waals surface area contributed by atoms with Crippen LogP contribution in [0.1, 0.15) is 22.1 Å². The molecular weight excluding hydrogens is 493 g/mol. The number of aromatic nitrogens is 1. The number of benzene rings is 1. The summed E-state index contributed by atoms with van der Waals surface area (Å²) in [6, 6.07) is 9.67. The summed E-state index contributed by atoms with van der Waals surface area (Å²) in [5.41, 5.74) is 1.53. The summed E-state index contributed by atoms with van der Waals surface area (Å²) in [6.45, 7) is 0.0355. The van der Waals surface area contributed by atoms with Crippen molar-refractivity contribution in [1.82, 2.24) is 10.3 Å². The average Bonchev–Trinajstić information content (AvgIpc) is 3.31. The van der Waals surface area contributed by atoms with Gasteiger partial charge in [-0.05, 0) is 47.9 Å². The van der Waals surface area contributed by atoms with Gasteiger partial charge in [0.2, 0.25) is 0 Å². The molecule has 2 aromatic heterocycles. The van der Waals surface area contributed by atoms with Gasteiger partial charge in [0.1, 0.15) is 16.9 Å². The molecule has 1 atom stereocenters. The Morgan fingerprint density at radius 1 is 1.14 bits per heavy atom. The first-order chi connectivity index (χ1) is 17.4. The summed E-state index contributed by atoms with van der Waals surface area (Å²) in [7, 11) is 0. The van der Waals surface area contributed by atoms with Crippen LogP contribution >= 0.6 is 11.3 Å². The molecular formula is C24H24FN3O7S. The fraction of sp³-hybridized carbons (Fsp3) is 0.292. The number of halogens is 1. The third-order valence-corrected chi connectivity index (χ3v) is 6.49. The van der Waals surface area contributed by atoms with E-state index in [1.165, 1.54) is 29.7 Å². The number of nitrogens with zero attached hydrogens (tertiary/aromatic N) is 2. The van der Waals surface area contributed by atoms with Crippen molar-refractivity contribution in [3.8, 4) is 17.2 Å². The van der Waals surface area contributed by atoms with Crippen molar-refractivity contribution in [2.24, 2.45) is 0 Å². The van der Waals surface area contributed by atoms with Crippen LogP contribution in [0.3, 0.4) is 0 Å². The normalized spacial score (nSPS) is 13.4. The summed E-state index contributed by atoms with van der Waals surface area (Å²) < 4.78 is 32.0. The first kappa shape index (κ1) is 25.2. The van der Waals surface area contributed by atoms with Crippen molar-refractivity contribution in [3.63, 3.8) is 0 Å². The zero-order valence-corrected chi connectivity index (χ0v) is 19.9. The van der Waals surface area contributed by atoms with Gasteiger partial charge in [-0.1, -0.05) is 10.5 Å². The van der Waals surface area contributed by atoms with Gasteiger partial charge in [0.05, 0.1) is 12.7 Å². The number of carboxylic acid groups (broad SMARTS) is 2. The van der Waals surface area contributed by atoms with Gasteiger partial charge in [-0.3, -0.25) is 4.98 Å². The van der Waals surface area contributed by atoms with E-state index >= 15 is 4.48 Å². The molecule has 3 aromatic rings. The molecule has 12 heteroatoms. The zero-order chi connectivity index (χ0) is 25.5.